The van der Waals surface area contributed by atoms with Crippen molar-refractivity contribution < 1.29 is 9.90 Å². The van der Waals surface area contributed by atoms with Crippen LogP contribution in [0.1, 0.15) is 16.8 Å². The van der Waals surface area contributed by atoms with E-state index in [2.05, 4.69) is 9.88 Å². The summed E-state index contributed by atoms with van der Waals surface area (Å²) in [5.74, 6) is -0.415. The molecule has 4 rings (SSSR count). The van der Waals surface area contributed by atoms with Gasteiger partial charge in [0.05, 0.1) is 0 Å². The van der Waals surface area contributed by atoms with Gasteiger partial charge in [-0.2, -0.15) is 5.26 Å². The topological polar surface area (TPSA) is 78.1 Å². The smallest absolute Gasteiger partial charge is 0.266 e. The molecule has 158 valence electrons. The third-order valence-electron chi connectivity index (χ3n) is 5.34. The van der Waals surface area contributed by atoms with Crippen LogP contribution in [0.25, 0.3) is 17.0 Å². The van der Waals surface area contributed by atoms with Crippen LogP contribution in [0.2, 0.25) is 5.02 Å². The molecule has 0 saturated heterocycles. The van der Waals surface area contributed by atoms with E-state index < -0.39 is 5.91 Å². The molecule has 0 bridgehead atoms. The maximum Gasteiger partial charge on any atom is 0.266 e. The Hall–Kier alpha value is -4.01. The summed E-state index contributed by atoms with van der Waals surface area (Å²) in [6.45, 7) is 2.54. The van der Waals surface area contributed by atoms with Crippen molar-refractivity contribution in [3.05, 3.63) is 100 Å². The Morgan fingerprint density at radius 1 is 1.09 bits per heavy atom. The van der Waals surface area contributed by atoms with Crippen LogP contribution in [0.4, 0.5) is 5.69 Å². The van der Waals surface area contributed by atoms with Gasteiger partial charge >= 0.3 is 0 Å². The molecule has 1 aromatic heterocycles. The van der Waals surface area contributed by atoms with E-state index in [1.807, 2.05) is 61.5 Å². The first-order chi connectivity index (χ1) is 15.5. The summed E-state index contributed by atoms with van der Waals surface area (Å²) in [5, 5.41) is 23.4. The second-order valence-electron chi connectivity index (χ2n) is 7.36. The zero-order chi connectivity index (χ0) is 22.7. The van der Waals surface area contributed by atoms with Gasteiger partial charge in [0.25, 0.3) is 5.91 Å². The molecular formula is C26H20ClN3O2. The molecule has 5 nitrogen and oxygen atoms in total. The minimum atomic E-state index is -0.513. The molecule has 0 radical (unpaired) electrons. The van der Waals surface area contributed by atoms with Crippen LogP contribution in [0.5, 0.6) is 5.75 Å². The second-order valence-corrected chi connectivity index (χ2v) is 7.77. The van der Waals surface area contributed by atoms with Crippen molar-refractivity contribution >= 4 is 40.2 Å². The molecule has 0 atom stereocenters. The largest absolute Gasteiger partial charge is 0.508 e. The van der Waals surface area contributed by atoms with Crippen LogP contribution in [0.3, 0.4) is 0 Å². The molecule has 32 heavy (non-hydrogen) atoms. The predicted molar refractivity (Wildman–Crippen MR) is 128 cm³/mol. The monoisotopic (exact) mass is 441 g/mol. The molecule has 1 heterocycles. The number of nitrogens with zero attached hydrogens (tertiary/aromatic N) is 2. The molecule has 4 aromatic rings. The second kappa shape index (κ2) is 9.01. The van der Waals surface area contributed by atoms with Crippen molar-refractivity contribution in [1.29, 1.82) is 5.26 Å². The number of anilines is 1. The van der Waals surface area contributed by atoms with E-state index in [4.69, 9.17) is 11.6 Å². The highest BCUT2D eigenvalue weighted by atomic mass is 35.5. The fourth-order valence-corrected chi connectivity index (χ4v) is 3.87. The number of hydrogen-bond donors (Lipinski definition) is 2. The number of fused-ring (bicyclic) bond motifs is 1. The number of para-hydroxylation sites is 1. The summed E-state index contributed by atoms with van der Waals surface area (Å²) in [6.07, 6.45) is 1.62. The molecule has 0 fully saturated rings. The summed E-state index contributed by atoms with van der Waals surface area (Å²) in [5.41, 5.74) is 4.20. The van der Waals surface area contributed by atoms with E-state index in [0.29, 0.717) is 17.3 Å². The Morgan fingerprint density at radius 3 is 2.50 bits per heavy atom. The van der Waals surface area contributed by atoms with Gasteiger partial charge in [0, 0.05) is 39.4 Å². The molecule has 0 aliphatic rings. The normalized spacial score (nSPS) is 11.3. The highest BCUT2D eigenvalue weighted by Gasteiger charge is 2.17. The van der Waals surface area contributed by atoms with Crippen molar-refractivity contribution in [2.45, 2.75) is 13.5 Å². The average Bonchev–Trinajstić information content (AvgIpc) is 3.06. The number of hydrogen-bond acceptors (Lipinski definition) is 3. The first kappa shape index (κ1) is 21.2. The molecule has 3 aromatic carbocycles. The predicted octanol–water partition coefficient (Wildman–Crippen LogP) is 5.90. The molecule has 6 heteroatoms. The van der Waals surface area contributed by atoms with Gasteiger partial charge in [-0.3, -0.25) is 4.79 Å². The minimum Gasteiger partial charge on any atom is -0.508 e. The zero-order valence-corrected chi connectivity index (χ0v) is 18.1. The number of carbonyl (C=O) groups excluding carboxylic acids is 1. The Kier molecular flexibility index (Phi) is 5.98. The van der Waals surface area contributed by atoms with Gasteiger partial charge in [0.2, 0.25) is 0 Å². The highest BCUT2D eigenvalue weighted by molar-refractivity contribution is 6.31. The lowest BCUT2D eigenvalue weighted by molar-refractivity contribution is -0.112. The van der Waals surface area contributed by atoms with Gasteiger partial charge < -0.3 is 15.0 Å². The number of carbonyl (C=O) groups is 1. The number of rotatable bonds is 5. The number of halogens is 1. The summed E-state index contributed by atoms with van der Waals surface area (Å²) in [4.78, 5) is 12.7. The Bertz CT molecular complexity index is 1380. The SMILES string of the molecule is Cc1c(/C=C(/C#N)C(=O)Nc2ccc(O)cc2)c2ccccc2n1Cc1ccccc1Cl. The molecule has 0 unspecified atom stereocenters. The highest BCUT2D eigenvalue weighted by Crippen LogP contribution is 2.30. The fourth-order valence-electron chi connectivity index (χ4n) is 3.68. The van der Waals surface area contributed by atoms with Crippen molar-refractivity contribution in [1.82, 2.24) is 4.57 Å². The third-order valence-corrected chi connectivity index (χ3v) is 5.71. The van der Waals surface area contributed by atoms with Crippen molar-refractivity contribution in [2.75, 3.05) is 5.32 Å². The lowest BCUT2D eigenvalue weighted by atomic mass is 10.1. The van der Waals surface area contributed by atoms with Crippen LogP contribution >= 0.6 is 11.6 Å². The van der Waals surface area contributed by atoms with E-state index in [1.165, 1.54) is 12.1 Å². The number of nitrogens with one attached hydrogen (secondary N) is 1. The van der Waals surface area contributed by atoms with Crippen LogP contribution < -0.4 is 5.32 Å². The molecule has 0 aliphatic carbocycles. The number of aromatic hydroxyl groups is 1. The summed E-state index contributed by atoms with van der Waals surface area (Å²) in [6, 6.07) is 23.7. The Balaban J connectivity index is 1.74. The Labute approximate surface area is 190 Å². The lowest BCUT2D eigenvalue weighted by Crippen LogP contribution is -2.13. The number of amides is 1. The minimum absolute atomic E-state index is 0.0122. The van der Waals surface area contributed by atoms with Gasteiger partial charge in [-0.25, -0.2) is 0 Å². The molecule has 2 N–H and O–H groups in total. The Morgan fingerprint density at radius 2 is 1.78 bits per heavy atom. The molecule has 1 amide bonds. The average molecular weight is 442 g/mol. The first-order valence-electron chi connectivity index (χ1n) is 10.0. The van der Waals surface area contributed by atoms with E-state index in [9.17, 15) is 15.2 Å². The van der Waals surface area contributed by atoms with Crippen LogP contribution in [0.15, 0.2) is 78.4 Å². The van der Waals surface area contributed by atoms with Gasteiger partial charge in [-0.05, 0) is 55.0 Å². The maximum atomic E-state index is 12.7. The zero-order valence-electron chi connectivity index (χ0n) is 17.3. The van der Waals surface area contributed by atoms with Crippen LogP contribution in [-0.2, 0) is 11.3 Å². The maximum absolute atomic E-state index is 12.7. The quantitative estimate of drug-likeness (QED) is 0.230. The number of benzene rings is 3. The fraction of sp³-hybridized carbons (Fsp3) is 0.0769. The molecule has 0 saturated carbocycles. The van der Waals surface area contributed by atoms with E-state index >= 15 is 0 Å². The number of nitriles is 1. The van der Waals surface area contributed by atoms with Crippen LogP contribution in [0, 0.1) is 18.3 Å². The van der Waals surface area contributed by atoms with Crippen molar-refractivity contribution in [3.8, 4) is 11.8 Å². The molecule has 0 spiro atoms. The van der Waals surface area contributed by atoms with Crippen LogP contribution in [-0.4, -0.2) is 15.6 Å². The van der Waals surface area contributed by atoms with E-state index in [1.54, 1.807) is 18.2 Å². The standard InChI is InChI=1S/C26H20ClN3O2/c1-17-23(14-19(15-28)26(32)29-20-10-12-21(31)13-11-20)22-7-3-5-9-25(22)30(17)16-18-6-2-4-8-24(18)27/h2-14,31H,16H2,1H3,(H,29,32)/b19-14-. The summed E-state index contributed by atoms with van der Waals surface area (Å²) >= 11 is 6.38. The van der Waals surface area contributed by atoms with Gasteiger partial charge in [-0.1, -0.05) is 48.0 Å². The lowest BCUT2D eigenvalue weighted by Gasteiger charge is -2.10. The van der Waals surface area contributed by atoms with Crippen molar-refractivity contribution in [3.63, 3.8) is 0 Å². The number of phenolic OH excluding ortho intramolecular Hbond substituents is 1. The summed E-state index contributed by atoms with van der Waals surface area (Å²) in [7, 11) is 0. The number of aromatic nitrogens is 1. The number of phenols is 1. The van der Waals surface area contributed by atoms with Crippen molar-refractivity contribution in [2.24, 2.45) is 0 Å². The molecule has 0 aliphatic heterocycles. The van der Waals surface area contributed by atoms with Gasteiger partial charge in [0.1, 0.15) is 17.4 Å². The van der Waals surface area contributed by atoms with Gasteiger partial charge in [-0.15, -0.1) is 0 Å². The first-order valence-corrected chi connectivity index (χ1v) is 10.4. The summed E-state index contributed by atoms with van der Waals surface area (Å²) < 4.78 is 2.13. The van der Waals surface area contributed by atoms with Gasteiger partial charge in [0.15, 0.2) is 0 Å². The van der Waals surface area contributed by atoms with E-state index in [-0.39, 0.29) is 11.3 Å². The third kappa shape index (κ3) is 4.22. The van der Waals surface area contributed by atoms with E-state index in [0.717, 1.165) is 27.7 Å². The molecular weight excluding hydrogens is 422 g/mol.